The molecule has 0 heterocycles. The second kappa shape index (κ2) is 9.50. The first kappa shape index (κ1) is 16.7. The molecule has 0 bridgehead atoms. The van der Waals surface area contributed by atoms with Gasteiger partial charge in [-0.05, 0) is 17.0 Å². The molecule has 1 aromatic carbocycles. The smallest absolute Gasteiger partial charge is 0.221 e. The Morgan fingerprint density at radius 2 is 1.85 bits per heavy atom. The third-order valence-electron chi connectivity index (χ3n) is 2.90. The fourth-order valence-electron chi connectivity index (χ4n) is 1.76. The molecule has 0 spiro atoms. The van der Waals surface area contributed by atoms with Crippen LogP contribution < -0.4 is 10.6 Å². The van der Waals surface area contributed by atoms with E-state index in [0.29, 0.717) is 25.5 Å². The van der Waals surface area contributed by atoms with Crippen LogP contribution in [0.5, 0.6) is 0 Å². The minimum atomic E-state index is 0.113. The van der Waals surface area contributed by atoms with Crippen molar-refractivity contribution in [3.05, 3.63) is 35.4 Å². The Morgan fingerprint density at radius 3 is 2.45 bits per heavy atom. The average Bonchev–Trinajstić information content (AvgIpc) is 2.43. The number of rotatable bonds is 9. The summed E-state index contributed by atoms with van der Waals surface area (Å²) < 4.78 is 5.07. The highest BCUT2D eigenvalue weighted by molar-refractivity contribution is 5.76. The molecule has 4 nitrogen and oxygen atoms in total. The second-order valence-corrected chi connectivity index (χ2v) is 5.37. The van der Waals surface area contributed by atoms with Crippen molar-refractivity contribution in [3.63, 3.8) is 0 Å². The van der Waals surface area contributed by atoms with Gasteiger partial charge in [-0.3, -0.25) is 4.79 Å². The number of nitrogens with one attached hydrogen (secondary N) is 2. The van der Waals surface area contributed by atoms with Gasteiger partial charge in [0.05, 0.1) is 6.61 Å². The van der Waals surface area contributed by atoms with Gasteiger partial charge in [-0.25, -0.2) is 0 Å². The van der Waals surface area contributed by atoms with Gasteiger partial charge in [0, 0.05) is 33.2 Å². The van der Waals surface area contributed by atoms with Crippen LogP contribution in [0.4, 0.5) is 0 Å². The number of carbonyl (C=O) groups is 1. The molecule has 0 unspecified atom stereocenters. The van der Waals surface area contributed by atoms with Gasteiger partial charge in [-0.15, -0.1) is 0 Å². The van der Waals surface area contributed by atoms with E-state index in [1.165, 1.54) is 11.1 Å². The third kappa shape index (κ3) is 7.26. The van der Waals surface area contributed by atoms with E-state index in [2.05, 4.69) is 48.7 Å². The van der Waals surface area contributed by atoms with Crippen molar-refractivity contribution < 1.29 is 9.53 Å². The van der Waals surface area contributed by atoms with Crippen molar-refractivity contribution >= 4 is 5.91 Å². The van der Waals surface area contributed by atoms with Gasteiger partial charge in [0.25, 0.3) is 0 Å². The molecule has 0 fully saturated rings. The molecule has 0 saturated heterocycles. The Morgan fingerprint density at radius 1 is 1.20 bits per heavy atom. The topological polar surface area (TPSA) is 50.4 Å². The predicted molar refractivity (Wildman–Crippen MR) is 81.3 cm³/mol. The molecule has 0 aliphatic carbocycles. The molecule has 1 rings (SSSR count). The van der Waals surface area contributed by atoms with Crippen LogP contribution in [0.15, 0.2) is 24.3 Å². The van der Waals surface area contributed by atoms with Crippen LogP contribution in [-0.4, -0.2) is 26.1 Å². The summed E-state index contributed by atoms with van der Waals surface area (Å²) >= 11 is 0. The number of carbonyl (C=O) groups excluding carboxylic acids is 1. The lowest BCUT2D eigenvalue weighted by Gasteiger charge is -2.08. The van der Waals surface area contributed by atoms with Crippen LogP contribution in [0, 0.1) is 5.92 Å². The summed E-state index contributed by atoms with van der Waals surface area (Å²) in [6, 6.07) is 8.30. The molecule has 0 radical (unpaired) electrons. The van der Waals surface area contributed by atoms with Crippen molar-refractivity contribution in [2.24, 2.45) is 5.92 Å². The standard InChI is InChI=1S/C16H26N2O2/c1-13(2)10-18-16(19)8-9-17-11-14-4-6-15(7-5-14)12-20-3/h4-7,13,17H,8-12H2,1-3H3,(H,18,19). The molecule has 0 atom stereocenters. The molecule has 4 heteroatoms. The minimum Gasteiger partial charge on any atom is -0.380 e. The predicted octanol–water partition coefficient (Wildman–Crippen LogP) is 2.08. The van der Waals surface area contributed by atoms with Gasteiger partial charge in [0.1, 0.15) is 0 Å². The molecule has 0 aromatic heterocycles. The molecule has 0 aliphatic heterocycles. The largest absolute Gasteiger partial charge is 0.380 e. The molecule has 112 valence electrons. The normalized spacial score (nSPS) is 10.8. The minimum absolute atomic E-state index is 0.113. The van der Waals surface area contributed by atoms with Gasteiger partial charge in [0.15, 0.2) is 0 Å². The van der Waals surface area contributed by atoms with Crippen molar-refractivity contribution in [2.45, 2.75) is 33.4 Å². The molecule has 1 aromatic rings. The van der Waals surface area contributed by atoms with E-state index >= 15 is 0 Å². The van der Waals surface area contributed by atoms with Crippen LogP contribution in [-0.2, 0) is 22.7 Å². The monoisotopic (exact) mass is 278 g/mol. The molecule has 0 aliphatic rings. The first-order valence-electron chi connectivity index (χ1n) is 7.16. The molecule has 2 N–H and O–H groups in total. The van der Waals surface area contributed by atoms with Gasteiger partial charge in [-0.1, -0.05) is 38.1 Å². The number of hydrogen-bond donors (Lipinski definition) is 2. The number of benzene rings is 1. The Bertz CT molecular complexity index is 388. The van der Waals surface area contributed by atoms with Gasteiger partial charge in [0.2, 0.25) is 5.91 Å². The molecule has 20 heavy (non-hydrogen) atoms. The van der Waals surface area contributed by atoms with E-state index in [1.807, 2.05) is 0 Å². The summed E-state index contributed by atoms with van der Waals surface area (Å²) in [5.41, 5.74) is 2.39. The van der Waals surface area contributed by atoms with Crippen molar-refractivity contribution in [1.29, 1.82) is 0 Å². The lowest BCUT2D eigenvalue weighted by atomic mass is 10.1. The van der Waals surface area contributed by atoms with E-state index in [9.17, 15) is 4.79 Å². The molecule has 1 amide bonds. The Labute approximate surface area is 121 Å². The highest BCUT2D eigenvalue weighted by Gasteiger charge is 2.01. The highest BCUT2D eigenvalue weighted by Crippen LogP contribution is 2.05. The summed E-state index contributed by atoms with van der Waals surface area (Å²) in [5, 5.41) is 6.19. The van der Waals surface area contributed by atoms with E-state index in [0.717, 1.165) is 13.1 Å². The zero-order chi connectivity index (χ0) is 14.8. The number of methoxy groups -OCH3 is 1. The summed E-state index contributed by atoms with van der Waals surface area (Å²) in [6.45, 7) is 7.05. The fraction of sp³-hybridized carbons (Fsp3) is 0.562. The van der Waals surface area contributed by atoms with Crippen LogP contribution in [0.1, 0.15) is 31.4 Å². The van der Waals surface area contributed by atoms with Crippen molar-refractivity contribution in [1.82, 2.24) is 10.6 Å². The summed E-state index contributed by atoms with van der Waals surface area (Å²) in [7, 11) is 1.69. The van der Waals surface area contributed by atoms with Crippen LogP contribution in [0.25, 0.3) is 0 Å². The lowest BCUT2D eigenvalue weighted by molar-refractivity contribution is -0.121. The van der Waals surface area contributed by atoms with E-state index in [-0.39, 0.29) is 5.91 Å². The number of ether oxygens (including phenoxy) is 1. The molecular formula is C16H26N2O2. The SMILES string of the molecule is COCc1ccc(CNCCC(=O)NCC(C)C)cc1. The van der Waals surface area contributed by atoms with E-state index in [1.54, 1.807) is 7.11 Å². The number of hydrogen-bond acceptors (Lipinski definition) is 3. The summed E-state index contributed by atoms with van der Waals surface area (Å²) in [6.07, 6.45) is 0.522. The van der Waals surface area contributed by atoms with Gasteiger partial charge < -0.3 is 15.4 Å². The number of amides is 1. The Kier molecular flexibility index (Phi) is 7.92. The first-order chi connectivity index (χ1) is 9.61. The van der Waals surface area contributed by atoms with E-state index < -0.39 is 0 Å². The summed E-state index contributed by atoms with van der Waals surface area (Å²) in [5.74, 6) is 0.610. The quantitative estimate of drug-likeness (QED) is 0.680. The summed E-state index contributed by atoms with van der Waals surface area (Å²) in [4.78, 5) is 11.5. The maximum atomic E-state index is 11.5. The first-order valence-corrected chi connectivity index (χ1v) is 7.16. The van der Waals surface area contributed by atoms with Crippen molar-refractivity contribution in [2.75, 3.05) is 20.2 Å². The Hall–Kier alpha value is -1.39. The maximum absolute atomic E-state index is 11.5. The van der Waals surface area contributed by atoms with Gasteiger partial charge in [-0.2, -0.15) is 0 Å². The highest BCUT2D eigenvalue weighted by atomic mass is 16.5. The van der Waals surface area contributed by atoms with E-state index in [4.69, 9.17) is 4.74 Å². The zero-order valence-corrected chi connectivity index (χ0v) is 12.7. The van der Waals surface area contributed by atoms with Crippen LogP contribution in [0.2, 0.25) is 0 Å². The fourth-order valence-corrected chi connectivity index (χ4v) is 1.76. The third-order valence-corrected chi connectivity index (χ3v) is 2.90. The van der Waals surface area contributed by atoms with Crippen molar-refractivity contribution in [3.8, 4) is 0 Å². The molecule has 0 saturated carbocycles. The maximum Gasteiger partial charge on any atom is 0.221 e. The lowest BCUT2D eigenvalue weighted by Crippen LogP contribution is -2.30. The van der Waals surface area contributed by atoms with Crippen LogP contribution in [0.3, 0.4) is 0 Å². The second-order valence-electron chi connectivity index (χ2n) is 5.37. The zero-order valence-electron chi connectivity index (χ0n) is 12.7. The van der Waals surface area contributed by atoms with Crippen LogP contribution >= 0.6 is 0 Å². The molecular weight excluding hydrogens is 252 g/mol. The average molecular weight is 278 g/mol. The van der Waals surface area contributed by atoms with Gasteiger partial charge >= 0.3 is 0 Å². The Balaban J connectivity index is 2.16.